The third-order valence-electron chi connectivity index (χ3n) is 7.78. The van der Waals surface area contributed by atoms with Crippen LogP contribution in [-0.2, 0) is 19.1 Å². The maximum absolute atomic E-state index is 12.0. The number of esters is 2. The molecule has 0 spiro atoms. The maximum atomic E-state index is 12.0. The fourth-order valence-corrected chi connectivity index (χ4v) is 5.17. The largest absolute Gasteiger partial charge is 0.462 e. The molecule has 0 fully saturated rings. The van der Waals surface area contributed by atoms with Gasteiger partial charge in [0.05, 0.1) is 0 Å². The third kappa shape index (κ3) is 31.3. The van der Waals surface area contributed by atoms with Crippen LogP contribution >= 0.6 is 0 Å². The van der Waals surface area contributed by atoms with Crippen molar-refractivity contribution in [2.24, 2.45) is 0 Å². The number of ether oxygens (including phenoxy) is 2. The van der Waals surface area contributed by atoms with Crippen LogP contribution in [-0.4, -0.2) is 24.6 Å². The summed E-state index contributed by atoms with van der Waals surface area (Å²) in [6, 6.07) is 0. The lowest BCUT2D eigenvalue weighted by atomic mass is 10.0. The molecule has 4 nitrogen and oxygen atoms in total. The van der Waals surface area contributed by atoms with Crippen molar-refractivity contribution in [3.05, 3.63) is 0 Å². The van der Waals surface area contributed by atoms with E-state index in [1.807, 2.05) is 0 Å². The number of unbranched alkanes of at least 4 members (excludes halogenated alkanes) is 24. The van der Waals surface area contributed by atoms with E-state index in [0.29, 0.717) is 12.8 Å². The zero-order valence-electron chi connectivity index (χ0n) is 26.7. The quantitative estimate of drug-likeness (QED) is 0.0634. The van der Waals surface area contributed by atoms with E-state index in [2.05, 4.69) is 13.8 Å². The van der Waals surface area contributed by atoms with Crippen LogP contribution in [0.1, 0.15) is 201 Å². The summed E-state index contributed by atoms with van der Waals surface area (Å²) in [6.07, 6.45) is 34.2. The standard InChI is InChI=1S/C35H68O4/c1-4-6-8-10-12-14-16-18-20-22-24-26-28-30-34(36)38-32-33(3)39-35(37)31-29-27-25-23-21-19-17-15-13-11-9-7-5-2/h33H,4-32H2,1-3H3. The Morgan fingerprint density at radius 1 is 0.436 bits per heavy atom. The van der Waals surface area contributed by atoms with Crippen molar-refractivity contribution in [1.82, 2.24) is 0 Å². The van der Waals surface area contributed by atoms with Crippen LogP contribution < -0.4 is 0 Å². The average Bonchev–Trinajstić information content (AvgIpc) is 2.92. The zero-order chi connectivity index (χ0) is 28.7. The molecule has 0 aliphatic heterocycles. The van der Waals surface area contributed by atoms with Crippen molar-refractivity contribution in [3.63, 3.8) is 0 Å². The third-order valence-corrected chi connectivity index (χ3v) is 7.78. The summed E-state index contributed by atoms with van der Waals surface area (Å²) in [6.45, 7) is 6.51. The van der Waals surface area contributed by atoms with Gasteiger partial charge in [-0.25, -0.2) is 0 Å². The van der Waals surface area contributed by atoms with Gasteiger partial charge in [-0.05, 0) is 19.8 Å². The van der Waals surface area contributed by atoms with Gasteiger partial charge in [0.15, 0.2) is 0 Å². The van der Waals surface area contributed by atoms with Gasteiger partial charge in [0.2, 0.25) is 0 Å². The minimum absolute atomic E-state index is 0.168. The summed E-state index contributed by atoms with van der Waals surface area (Å²) in [4.78, 5) is 24.0. The van der Waals surface area contributed by atoms with Gasteiger partial charge >= 0.3 is 11.9 Å². The Labute approximate surface area is 244 Å². The predicted octanol–water partition coefficient (Wildman–Crippen LogP) is 11.4. The maximum Gasteiger partial charge on any atom is 0.306 e. The lowest BCUT2D eigenvalue weighted by Gasteiger charge is -2.13. The minimum atomic E-state index is -0.366. The highest BCUT2D eigenvalue weighted by atomic mass is 16.6. The molecule has 39 heavy (non-hydrogen) atoms. The van der Waals surface area contributed by atoms with E-state index in [1.165, 1.54) is 141 Å². The van der Waals surface area contributed by atoms with Crippen LogP contribution in [0.25, 0.3) is 0 Å². The van der Waals surface area contributed by atoms with E-state index in [0.717, 1.165) is 25.7 Å². The van der Waals surface area contributed by atoms with Crippen LogP contribution in [0.4, 0.5) is 0 Å². The molecule has 0 aromatic carbocycles. The Morgan fingerprint density at radius 2 is 0.718 bits per heavy atom. The van der Waals surface area contributed by atoms with E-state index in [1.54, 1.807) is 6.92 Å². The van der Waals surface area contributed by atoms with E-state index >= 15 is 0 Å². The summed E-state index contributed by atoms with van der Waals surface area (Å²) in [5.74, 6) is -0.337. The summed E-state index contributed by atoms with van der Waals surface area (Å²) in [5.41, 5.74) is 0. The molecule has 0 saturated heterocycles. The first-order chi connectivity index (χ1) is 19.1. The normalized spacial score (nSPS) is 12.0. The number of rotatable bonds is 31. The fraction of sp³-hybridized carbons (Fsp3) is 0.943. The summed E-state index contributed by atoms with van der Waals surface area (Å²) >= 11 is 0. The second-order valence-electron chi connectivity index (χ2n) is 12.0. The van der Waals surface area contributed by atoms with Crippen LogP contribution in [0.15, 0.2) is 0 Å². The van der Waals surface area contributed by atoms with Crippen molar-refractivity contribution in [1.29, 1.82) is 0 Å². The summed E-state index contributed by atoms with van der Waals surface area (Å²) in [7, 11) is 0. The Balaban J connectivity index is 3.40. The Bertz CT molecular complexity index is 519. The second-order valence-corrected chi connectivity index (χ2v) is 12.0. The van der Waals surface area contributed by atoms with Gasteiger partial charge in [-0.3, -0.25) is 9.59 Å². The van der Waals surface area contributed by atoms with Gasteiger partial charge in [0, 0.05) is 12.8 Å². The molecule has 0 aliphatic rings. The number of hydrogen-bond donors (Lipinski definition) is 0. The van der Waals surface area contributed by atoms with Crippen molar-refractivity contribution in [3.8, 4) is 0 Å². The Hall–Kier alpha value is -1.06. The molecule has 0 aliphatic carbocycles. The van der Waals surface area contributed by atoms with Gasteiger partial charge in [-0.15, -0.1) is 0 Å². The second kappa shape index (κ2) is 31.5. The average molecular weight is 553 g/mol. The molecule has 1 atom stereocenters. The number of carbonyl (C=O) groups is 2. The summed E-state index contributed by atoms with van der Waals surface area (Å²) < 4.78 is 10.7. The van der Waals surface area contributed by atoms with Crippen molar-refractivity contribution >= 4 is 11.9 Å². The van der Waals surface area contributed by atoms with Crippen molar-refractivity contribution in [2.45, 2.75) is 207 Å². The van der Waals surface area contributed by atoms with Gasteiger partial charge < -0.3 is 9.47 Å². The molecular weight excluding hydrogens is 484 g/mol. The van der Waals surface area contributed by atoms with E-state index in [-0.39, 0.29) is 24.6 Å². The van der Waals surface area contributed by atoms with Gasteiger partial charge in [-0.1, -0.05) is 168 Å². The first-order valence-corrected chi connectivity index (χ1v) is 17.4. The number of carbonyl (C=O) groups excluding carboxylic acids is 2. The molecule has 1 unspecified atom stereocenters. The summed E-state index contributed by atoms with van der Waals surface area (Å²) in [5, 5.41) is 0. The SMILES string of the molecule is CCCCCCCCCCCCCCCC(=O)OCC(C)OC(=O)CCCCCCCCCCCCCCC. The molecule has 0 radical (unpaired) electrons. The van der Waals surface area contributed by atoms with Crippen LogP contribution in [0, 0.1) is 0 Å². The first-order valence-electron chi connectivity index (χ1n) is 17.4. The monoisotopic (exact) mass is 553 g/mol. The topological polar surface area (TPSA) is 52.6 Å². The zero-order valence-corrected chi connectivity index (χ0v) is 26.7. The smallest absolute Gasteiger partial charge is 0.306 e. The van der Waals surface area contributed by atoms with E-state index in [4.69, 9.17) is 9.47 Å². The molecule has 4 heteroatoms. The molecule has 0 rings (SSSR count). The van der Waals surface area contributed by atoms with E-state index < -0.39 is 0 Å². The predicted molar refractivity (Wildman–Crippen MR) is 167 cm³/mol. The fourth-order valence-electron chi connectivity index (χ4n) is 5.17. The lowest BCUT2D eigenvalue weighted by Crippen LogP contribution is -2.22. The first kappa shape index (κ1) is 37.9. The molecule has 0 aromatic rings. The molecule has 0 heterocycles. The molecular formula is C35H68O4. The molecule has 0 bridgehead atoms. The van der Waals surface area contributed by atoms with Crippen LogP contribution in [0.2, 0.25) is 0 Å². The lowest BCUT2D eigenvalue weighted by molar-refractivity contribution is -0.158. The minimum Gasteiger partial charge on any atom is -0.462 e. The van der Waals surface area contributed by atoms with Crippen molar-refractivity contribution < 1.29 is 19.1 Å². The molecule has 0 saturated carbocycles. The molecule has 0 aromatic heterocycles. The highest BCUT2D eigenvalue weighted by molar-refractivity contribution is 5.70. The highest BCUT2D eigenvalue weighted by Crippen LogP contribution is 2.15. The van der Waals surface area contributed by atoms with Gasteiger partial charge in [0.25, 0.3) is 0 Å². The molecule has 0 N–H and O–H groups in total. The van der Waals surface area contributed by atoms with Gasteiger partial charge in [0.1, 0.15) is 12.7 Å². The molecule has 0 amide bonds. The number of hydrogen-bond acceptors (Lipinski definition) is 4. The molecule has 232 valence electrons. The Kier molecular flexibility index (Phi) is 30.6. The van der Waals surface area contributed by atoms with Crippen LogP contribution in [0.3, 0.4) is 0 Å². The Morgan fingerprint density at radius 3 is 1.05 bits per heavy atom. The van der Waals surface area contributed by atoms with E-state index in [9.17, 15) is 9.59 Å². The van der Waals surface area contributed by atoms with Crippen molar-refractivity contribution in [2.75, 3.05) is 6.61 Å². The van der Waals surface area contributed by atoms with Crippen LogP contribution in [0.5, 0.6) is 0 Å². The highest BCUT2D eigenvalue weighted by Gasteiger charge is 2.12. The van der Waals surface area contributed by atoms with Gasteiger partial charge in [-0.2, -0.15) is 0 Å².